The molecule has 4 nitrogen and oxygen atoms in total. The Morgan fingerprint density at radius 1 is 1.18 bits per heavy atom. The van der Waals surface area contributed by atoms with Crippen molar-refractivity contribution in [1.82, 2.24) is 15.1 Å². The molecule has 1 N–H and O–H groups in total. The zero-order valence-electron chi connectivity index (χ0n) is 19.8. The first-order valence-corrected chi connectivity index (χ1v) is 13.3. The number of aromatic nitrogens is 2. The number of rotatable bonds is 6. The molecule has 1 amide bonds. The summed E-state index contributed by atoms with van der Waals surface area (Å²) in [5, 5.41) is 9.36. The number of halogens is 2. The first-order valence-electron chi connectivity index (χ1n) is 11.8. The predicted octanol–water partition coefficient (Wildman–Crippen LogP) is 7.28. The Labute approximate surface area is 214 Å². The molecule has 0 aliphatic heterocycles. The molecule has 2 aliphatic rings. The lowest BCUT2D eigenvalue weighted by atomic mass is 9.85. The molecule has 1 heterocycles. The molecule has 2 atom stereocenters. The van der Waals surface area contributed by atoms with E-state index < -0.39 is 0 Å². The lowest BCUT2D eigenvalue weighted by Gasteiger charge is -2.27. The van der Waals surface area contributed by atoms with Gasteiger partial charge in [-0.05, 0) is 56.7 Å². The van der Waals surface area contributed by atoms with Gasteiger partial charge in [-0.1, -0.05) is 82.0 Å². The highest BCUT2D eigenvalue weighted by Crippen LogP contribution is 2.56. The smallest absolute Gasteiger partial charge is 0.276 e. The molecule has 1 saturated carbocycles. The number of benzene rings is 2. The van der Waals surface area contributed by atoms with Crippen LogP contribution in [0.15, 0.2) is 59.8 Å². The highest BCUT2D eigenvalue weighted by Gasteiger charge is 2.47. The number of carbonyl (C=O) groups is 1. The molecule has 2 bridgehead atoms. The lowest BCUT2D eigenvalue weighted by Crippen LogP contribution is -2.32. The van der Waals surface area contributed by atoms with E-state index in [0.717, 1.165) is 40.9 Å². The van der Waals surface area contributed by atoms with Gasteiger partial charge in [-0.3, -0.25) is 9.48 Å². The largest absolute Gasteiger partial charge is 0.324 e. The van der Waals surface area contributed by atoms with Crippen molar-refractivity contribution in [2.75, 3.05) is 0 Å². The minimum absolute atomic E-state index is 0.0719. The van der Waals surface area contributed by atoms with Crippen LogP contribution in [0.3, 0.4) is 0 Å². The summed E-state index contributed by atoms with van der Waals surface area (Å²) in [6, 6.07) is 16.2. The van der Waals surface area contributed by atoms with Gasteiger partial charge in [0.25, 0.3) is 5.91 Å². The molecule has 0 spiro atoms. The fourth-order valence-electron chi connectivity index (χ4n) is 5.66. The number of amides is 1. The maximum Gasteiger partial charge on any atom is 0.276 e. The average molecular weight is 539 g/mol. The second-order valence-corrected chi connectivity index (χ2v) is 11.0. The van der Waals surface area contributed by atoms with Crippen molar-refractivity contribution in [3.05, 3.63) is 87.2 Å². The van der Waals surface area contributed by atoms with E-state index in [-0.39, 0.29) is 11.3 Å². The highest BCUT2D eigenvalue weighted by atomic mass is 79.9. The summed E-state index contributed by atoms with van der Waals surface area (Å²) >= 11 is 9.81. The molecule has 34 heavy (non-hydrogen) atoms. The fourth-order valence-corrected chi connectivity index (χ4v) is 6.32. The fraction of sp³-hybridized carbons (Fsp3) is 0.357. The molecular weight excluding hydrogens is 510 g/mol. The SMILES string of the molecule is CC1=C(NC(=O)c2nn(Cc3ccc(C)cc3)c(-c3ccc(Cl)cc3)c2CBr)C2(C)CCC1C2. The zero-order valence-corrected chi connectivity index (χ0v) is 22.1. The number of alkyl halides is 1. The summed E-state index contributed by atoms with van der Waals surface area (Å²) < 4.78 is 1.95. The molecular formula is C28H29BrClN3O. The van der Waals surface area contributed by atoms with Crippen LogP contribution >= 0.6 is 27.5 Å². The van der Waals surface area contributed by atoms with Gasteiger partial charge in [0.15, 0.2) is 5.69 Å². The van der Waals surface area contributed by atoms with E-state index in [9.17, 15) is 4.79 Å². The minimum atomic E-state index is -0.129. The first-order chi connectivity index (χ1) is 16.3. The van der Waals surface area contributed by atoms with Crippen molar-refractivity contribution in [3.8, 4) is 11.3 Å². The summed E-state index contributed by atoms with van der Waals surface area (Å²) in [6.07, 6.45) is 3.49. The second-order valence-electron chi connectivity index (χ2n) is 9.97. The van der Waals surface area contributed by atoms with Crippen LogP contribution in [-0.2, 0) is 11.9 Å². The Kier molecular flexibility index (Phi) is 6.19. The van der Waals surface area contributed by atoms with Gasteiger partial charge in [-0.15, -0.1) is 0 Å². The van der Waals surface area contributed by atoms with Gasteiger partial charge in [0, 0.05) is 32.6 Å². The standard InChI is InChI=1S/C28H29BrClN3O/c1-17-4-6-19(7-5-17)16-33-25(20-8-10-22(30)11-9-20)23(15-29)24(32-33)27(34)31-26-18(2)21-12-13-28(26,3)14-21/h4-11,21H,12-16H2,1-3H3,(H,31,34). The van der Waals surface area contributed by atoms with E-state index in [2.05, 4.69) is 66.3 Å². The number of nitrogens with zero attached hydrogens (tertiary/aromatic N) is 2. The average Bonchev–Trinajstić information content (AvgIpc) is 3.46. The van der Waals surface area contributed by atoms with Crippen molar-refractivity contribution in [2.45, 2.75) is 51.9 Å². The van der Waals surface area contributed by atoms with E-state index in [1.807, 2.05) is 28.9 Å². The highest BCUT2D eigenvalue weighted by molar-refractivity contribution is 9.08. The zero-order chi connectivity index (χ0) is 24.0. The molecule has 6 heteroatoms. The molecule has 2 unspecified atom stereocenters. The minimum Gasteiger partial charge on any atom is -0.324 e. The van der Waals surface area contributed by atoms with Crippen LogP contribution in [0.25, 0.3) is 11.3 Å². The quantitative estimate of drug-likeness (QED) is 0.335. The number of carbonyl (C=O) groups excluding carboxylic acids is 1. The van der Waals surface area contributed by atoms with Crippen LogP contribution in [0.5, 0.6) is 0 Å². The first kappa shape index (κ1) is 23.4. The van der Waals surface area contributed by atoms with Crippen LogP contribution in [-0.4, -0.2) is 15.7 Å². The van der Waals surface area contributed by atoms with Crippen LogP contribution in [0.1, 0.15) is 60.3 Å². The maximum atomic E-state index is 13.6. The number of aryl methyl sites for hydroxylation is 1. The molecule has 0 saturated heterocycles. The van der Waals surface area contributed by atoms with Crippen molar-refractivity contribution in [2.24, 2.45) is 11.3 Å². The van der Waals surface area contributed by atoms with Gasteiger partial charge in [0.2, 0.25) is 0 Å². The Morgan fingerprint density at radius 2 is 1.88 bits per heavy atom. The topological polar surface area (TPSA) is 46.9 Å². The van der Waals surface area contributed by atoms with E-state index >= 15 is 0 Å². The van der Waals surface area contributed by atoms with Gasteiger partial charge in [0.05, 0.1) is 12.2 Å². The number of fused-ring (bicyclic) bond motifs is 2. The number of nitrogens with one attached hydrogen (secondary N) is 1. The Balaban J connectivity index is 1.56. The van der Waals surface area contributed by atoms with Gasteiger partial charge >= 0.3 is 0 Å². The number of hydrogen-bond donors (Lipinski definition) is 1. The van der Waals surface area contributed by atoms with Crippen LogP contribution in [0.4, 0.5) is 0 Å². The third-order valence-corrected chi connectivity index (χ3v) is 8.37. The van der Waals surface area contributed by atoms with Gasteiger partial charge in [-0.2, -0.15) is 5.10 Å². The molecule has 3 aromatic rings. The van der Waals surface area contributed by atoms with Crippen LogP contribution in [0.2, 0.25) is 5.02 Å². The third-order valence-electron chi connectivity index (χ3n) is 7.56. The van der Waals surface area contributed by atoms with Gasteiger partial charge in [0.1, 0.15) is 0 Å². The summed E-state index contributed by atoms with van der Waals surface area (Å²) in [4.78, 5) is 13.6. The van der Waals surface area contributed by atoms with Gasteiger partial charge in [-0.25, -0.2) is 0 Å². The Morgan fingerprint density at radius 3 is 2.50 bits per heavy atom. The molecule has 176 valence electrons. The summed E-state index contributed by atoms with van der Waals surface area (Å²) in [5.41, 5.74) is 8.14. The Hall–Kier alpha value is -2.37. The lowest BCUT2D eigenvalue weighted by molar-refractivity contribution is 0.0949. The van der Waals surface area contributed by atoms with Crippen LogP contribution in [0, 0.1) is 18.3 Å². The number of allylic oxidation sites excluding steroid dienone is 2. The van der Waals surface area contributed by atoms with Crippen molar-refractivity contribution >= 4 is 33.4 Å². The monoisotopic (exact) mass is 537 g/mol. The third kappa shape index (κ3) is 4.14. The molecule has 1 aromatic heterocycles. The van der Waals surface area contributed by atoms with Gasteiger partial charge < -0.3 is 5.32 Å². The summed E-state index contributed by atoms with van der Waals surface area (Å²) in [7, 11) is 0. The van der Waals surface area contributed by atoms with Crippen molar-refractivity contribution < 1.29 is 4.79 Å². The van der Waals surface area contributed by atoms with Crippen LogP contribution < -0.4 is 5.32 Å². The molecule has 2 aromatic carbocycles. The second kappa shape index (κ2) is 9.01. The normalized spacial score (nSPS) is 21.4. The van der Waals surface area contributed by atoms with E-state index in [0.29, 0.717) is 28.5 Å². The van der Waals surface area contributed by atoms with E-state index in [1.54, 1.807) is 0 Å². The molecule has 0 radical (unpaired) electrons. The van der Waals surface area contributed by atoms with Crippen molar-refractivity contribution in [3.63, 3.8) is 0 Å². The Bertz CT molecular complexity index is 1280. The van der Waals surface area contributed by atoms with Crippen molar-refractivity contribution in [1.29, 1.82) is 0 Å². The summed E-state index contributed by atoms with van der Waals surface area (Å²) in [6.45, 7) is 7.10. The maximum absolute atomic E-state index is 13.6. The molecule has 1 fully saturated rings. The van der Waals surface area contributed by atoms with E-state index in [1.165, 1.54) is 17.6 Å². The predicted molar refractivity (Wildman–Crippen MR) is 141 cm³/mol. The van der Waals surface area contributed by atoms with E-state index in [4.69, 9.17) is 16.7 Å². The number of hydrogen-bond acceptors (Lipinski definition) is 2. The molecule has 2 aliphatic carbocycles. The summed E-state index contributed by atoms with van der Waals surface area (Å²) in [5.74, 6) is 0.468. The molecule has 5 rings (SSSR count).